The largest absolute Gasteiger partial charge is 0.314 e. The Morgan fingerprint density at radius 1 is 0.432 bits per heavy atom. The summed E-state index contributed by atoms with van der Waals surface area (Å²) in [5.41, 5.74) is 7.64. The van der Waals surface area contributed by atoms with E-state index in [0.29, 0.717) is 0 Å². The molecule has 0 N–H and O–H groups in total. The molecule has 1 nitrogen and oxygen atoms in total. The molecule has 7 aromatic carbocycles. The fourth-order valence-corrected chi connectivity index (χ4v) is 8.23. The van der Waals surface area contributed by atoms with E-state index in [2.05, 4.69) is 157 Å². The number of thiophene rings is 1. The van der Waals surface area contributed by atoms with E-state index in [1.807, 2.05) is 11.3 Å². The summed E-state index contributed by atoms with van der Waals surface area (Å²) in [6.45, 7) is 0. The second kappa shape index (κ2) is 10.2. The van der Waals surface area contributed by atoms with Crippen molar-refractivity contribution < 1.29 is 0 Å². The molecule has 0 fully saturated rings. The van der Waals surface area contributed by atoms with Gasteiger partial charge in [0.25, 0.3) is 0 Å². The Balaban J connectivity index is 1.20. The van der Waals surface area contributed by atoms with Gasteiger partial charge in [0, 0.05) is 32.0 Å². The molecule has 0 atom stereocenters. The van der Waals surface area contributed by atoms with Crippen molar-refractivity contribution in [3.63, 3.8) is 0 Å². The number of anilines is 2. The molecule has 9 rings (SSSR count). The molecular formula is C42H29NS. The van der Waals surface area contributed by atoms with Gasteiger partial charge in [-0.1, -0.05) is 103 Å². The predicted octanol–water partition coefficient (Wildman–Crippen LogP) is 12.2. The van der Waals surface area contributed by atoms with E-state index in [-0.39, 0.29) is 0 Å². The average Bonchev–Trinajstić information content (AvgIpc) is 3.47. The first-order valence-electron chi connectivity index (χ1n) is 15.3. The van der Waals surface area contributed by atoms with Crippen LogP contribution in [0.3, 0.4) is 0 Å². The molecule has 1 aromatic heterocycles. The molecule has 1 aliphatic carbocycles. The number of hydrogen-bond donors (Lipinski definition) is 0. The molecule has 0 unspecified atom stereocenters. The highest BCUT2D eigenvalue weighted by atomic mass is 32.1. The summed E-state index contributed by atoms with van der Waals surface area (Å²) in [6.07, 6.45) is 4.52. The smallest absolute Gasteiger partial charge is 0.0458 e. The Labute approximate surface area is 260 Å². The molecule has 0 spiro atoms. The summed E-state index contributed by atoms with van der Waals surface area (Å²) in [5, 5.41) is 9.23. The molecule has 0 aliphatic heterocycles. The van der Waals surface area contributed by atoms with Crippen molar-refractivity contribution in [3.8, 4) is 11.1 Å². The summed E-state index contributed by atoms with van der Waals surface area (Å²) < 4.78 is 1.36. The molecule has 0 saturated heterocycles. The van der Waals surface area contributed by atoms with E-state index >= 15 is 0 Å². The average molecular weight is 580 g/mol. The van der Waals surface area contributed by atoms with Gasteiger partial charge in [0.1, 0.15) is 0 Å². The molecule has 8 aromatic rings. The van der Waals surface area contributed by atoms with E-state index in [4.69, 9.17) is 0 Å². The third-order valence-corrected chi connectivity index (χ3v) is 10.4. The van der Waals surface area contributed by atoms with Crippen LogP contribution in [0.25, 0.3) is 59.6 Å². The van der Waals surface area contributed by atoms with Gasteiger partial charge < -0.3 is 4.90 Å². The van der Waals surface area contributed by atoms with Crippen LogP contribution in [-0.2, 0) is 6.42 Å². The monoisotopic (exact) mass is 579 g/mol. The minimum absolute atomic E-state index is 1.02. The lowest BCUT2D eigenvalue weighted by Gasteiger charge is -2.30. The van der Waals surface area contributed by atoms with Gasteiger partial charge in [-0.3, -0.25) is 0 Å². The quantitative estimate of drug-likeness (QED) is 0.187. The van der Waals surface area contributed by atoms with E-state index in [0.717, 1.165) is 12.8 Å². The fourth-order valence-electron chi connectivity index (χ4n) is 7.07. The first-order chi connectivity index (χ1) is 21.8. The number of hydrogen-bond acceptors (Lipinski definition) is 2. The van der Waals surface area contributed by atoms with Crippen molar-refractivity contribution in [3.05, 3.63) is 162 Å². The highest BCUT2D eigenvalue weighted by molar-refractivity contribution is 7.19. The molecule has 0 saturated carbocycles. The number of allylic oxidation sites excluding steroid dienone is 1. The number of para-hydroxylation sites is 2. The van der Waals surface area contributed by atoms with Gasteiger partial charge in [-0.05, 0) is 110 Å². The van der Waals surface area contributed by atoms with Crippen molar-refractivity contribution >= 4 is 71.2 Å². The maximum Gasteiger partial charge on any atom is 0.0458 e. The SMILES string of the molecule is C1=C(N(c2ccccc2)c2ccccc2)CCc2sc3ccc(-c4ccc5c6ccccc6c6ccccc6c5c4)cc3c21. The number of benzene rings is 7. The first kappa shape index (κ1) is 25.3. The van der Waals surface area contributed by atoms with E-state index in [1.165, 1.54) is 81.0 Å². The summed E-state index contributed by atoms with van der Waals surface area (Å²) in [5.74, 6) is 0. The minimum Gasteiger partial charge on any atom is -0.314 e. The van der Waals surface area contributed by atoms with Crippen LogP contribution in [0.5, 0.6) is 0 Å². The molecule has 44 heavy (non-hydrogen) atoms. The van der Waals surface area contributed by atoms with Crippen molar-refractivity contribution in [2.24, 2.45) is 0 Å². The first-order valence-corrected chi connectivity index (χ1v) is 16.1. The minimum atomic E-state index is 1.02. The number of rotatable bonds is 4. The van der Waals surface area contributed by atoms with Crippen LogP contribution in [-0.4, -0.2) is 0 Å². The van der Waals surface area contributed by atoms with Crippen LogP contribution in [0.2, 0.25) is 0 Å². The van der Waals surface area contributed by atoms with Gasteiger partial charge >= 0.3 is 0 Å². The predicted molar refractivity (Wildman–Crippen MR) is 191 cm³/mol. The summed E-state index contributed by atoms with van der Waals surface area (Å²) in [6, 6.07) is 53.2. The molecule has 0 amide bonds. The lowest BCUT2D eigenvalue weighted by Crippen LogP contribution is -2.18. The summed E-state index contributed by atoms with van der Waals surface area (Å²) in [4.78, 5) is 3.91. The Kier molecular flexibility index (Phi) is 5.89. The summed E-state index contributed by atoms with van der Waals surface area (Å²) >= 11 is 1.95. The normalized spacial score (nSPS) is 13.0. The Hall–Kier alpha value is -5.18. The Morgan fingerprint density at radius 3 is 1.55 bits per heavy atom. The van der Waals surface area contributed by atoms with Crippen molar-refractivity contribution in [2.75, 3.05) is 4.90 Å². The molecule has 0 radical (unpaired) electrons. The van der Waals surface area contributed by atoms with Crippen LogP contribution in [0.1, 0.15) is 16.9 Å². The second-order valence-corrected chi connectivity index (χ2v) is 12.8. The van der Waals surface area contributed by atoms with Crippen molar-refractivity contribution in [2.45, 2.75) is 12.8 Å². The van der Waals surface area contributed by atoms with E-state index in [9.17, 15) is 0 Å². The van der Waals surface area contributed by atoms with Crippen LogP contribution in [0.4, 0.5) is 11.4 Å². The van der Waals surface area contributed by atoms with Gasteiger partial charge in [0.15, 0.2) is 0 Å². The van der Waals surface area contributed by atoms with E-state index < -0.39 is 0 Å². The third-order valence-electron chi connectivity index (χ3n) is 9.12. The number of nitrogens with zero attached hydrogens (tertiary/aromatic N) is 1. The van der Waals surface area contributed by atoms with Crippen LogP contribution >= 0.6 is 11.3 Å². The van der Waals surface area contributed by atoms with E-state index in [1.54, 1.807) is 0 Å². The van der Waals surface area contributed by atoms with Crippen LogP contribution in [0, 0.1) is 0 Å². The molecule has 1 heterocycles. The molecular weight excluding hydrogens is 551 g/mol. The van der Waals surface area contributed by atoms with Crippen molar-refractivity contribution in [1.29, 1.82) is 0 Å². The highest BCUT2D eigenvalue weighted by Gasteiger charge is 2.22. The maximum absolute atomic E-state index is 2.45. The van der Waals surface area contributed by atoms with Gasteiger partial charge in [0.05, 0.1) is 0 Å². The Bertz CT molecular complexity index is 2310. The van der Waals surface area contributed by atoms with Gasteiger partial charge in [-0.25, -0.2) is 0 Å². The highest BCUT2D eigenvalue weighted by Crippen LogP contribution is 2.43. The zero-order valence-corrected chi connectivity index (χ0v) is 25.0. The Morgan fingerprint density at radius 2 is 0.932 bits per heavy atom. The molecule has 208 valence electrons. The number of fused-ring (bicyclic) bond motifs is 9. The standard InChI is InChI=1S/C42H29NS/c1-3-11-30(12-4-1)43(31-13-5-2-6-14-31)32-21-24-42-40(27-32)39-26-29(20-23-41(39)44-42)28-19-22-37-35-17-8-7-15-33(35)34-16-9-10-18-36(34)38(37)25-28/h1-20,22-23,25-27H,21,24H2. The molecule has 2 heteroatoms. The molecule has 0 bridgehead atoms. The zero-order chi connectivity index (χ0) is 29.0. The van der Waals surface area contributed by atoms with Crippen molar-refractivity contribution in [1.82, 2.24) is 0 Å². The van der Waals surface area contributed by atoms with Gasteiger partial charge in [-0.2, -0.15) is 0 Å². The number of aryl methyl sites for hydroxylation is 1. The maximum atomic E-state index is 2.45. The van der Waals surface area contributed by atoms with Crippen LogP contribution in [0.15, 0.2) is 151 Å². The zero-order valence-electron chi connectivity index (χ0n) is 24.2. The second-order valence-electron chi connectivity index (χ2n) is 11.6. The lowest BCUT2D eigenvalue weighted by atomic mass is 9.91. The van der Waals surface area contributed by atoms with Crippen LogP contribution < -0.4 is 4.90 Å². The third kappa shape index (κ3) is 4.06. The molecule has 1 aliphatic rings. The topological polar surface area (TPSA) is 3.24 Å². The lowest BCUT2D eigenvalue weighted by molar-refractivity contribution is 0.911. The van der Waals surface area contributed by atoms with Gasteiger partial charge in [0.2, 0.25) is 0 Å². The fraction of sp³-hybridized carbons (Fsp3) is 0.0476. The van der Waals surface area contributed by atoms with Gasteiger partial charge in [-0.15, -0.1) is 11.3 Å². The summed E-state index contributed by atoms with van der Waals surface area (Å²) in [7, 11) is 0.